The fourth-order valence-corrected chi connectivity index (χ4v) is 2.52. The van der Waals surface area contributed by atoms with Gasteiger partial charge in [0.05, 0.1) is 16.3 Å². The number of hydrogen-bond acceptors (Lipinski definition) is 4. The van der Waals surface area contributed by atoms with E-state index in [1.165, 1.54) is 12.7 Å². The van der Waals surface area contributed by atoms with Crippen LogP contribution in [0.1, 0.15) is 23.0 Å². The van der Waals surface area contributed by atoms with Crippen molar-refractivity contribution in [1.82, 2.24) is 24.5 Å². The number of aryl methyl sites for hydroxylation is 1. The molecule has 3 aromatic rings. The number of halogens is 1. The molecule has 8 heteroatoms. The Bertz CT molecular complexity index is 840. The molecule has 0 aliphatic heterocycles. The second kappa shape index (κ2) is 6.21. The van der Waals surface area contributed by atoms with Crippen molar-refractivity contribution in [2.75, 3.05) is 5.32 Å². The average molecular weight is 331 g/mol. The molecular weight excluding hydrogens is 316 g/mol. The number of anilines is 1. The topological polar surface area (TPSA) is 77.6 Å². The lowest BCUT2D eigenvalue weighted by Gasteiger charge is -2.08. The predicted molar refractivity (Wildman–Crippen MR) is 87.0 cm³/mol. The normalized spacial score (nSPS) is 10.7. The lowest BCUT2D eigenvalue weighted by Crippen LogP contribution is -2.14. The second-order valence-electron chi connectivity index (χ2n) is 4.90. The number of nitrogens with one attached hydrogen (secondary N) is 1. The van der Waals surface area contributed by atoms with Gasteiger partial charge in [0.25, 0.3) is 5.91 Å². The molecule has 7 nitrogen and oxygen atoms in total. The molecule has 1 amide bonds. The molecule has 0 unspecified atom stereocenters. The van der Waals surface area contributed by atoms with Crippen LogP contribution in [0.4, 0.5) is 5.69 Å². The van der Waals surface area contributed by atoms with Gasteiger partial charge in [0.2, 0.25) is 0 Å². The summed E-state index contributed by atoms with van der Waals surface area (Å²) >= 11 is 6.09. The minimum absolute atomic E-state index is 0.288. The van der Waals surface area contributed by atoms with Crippen molar-refractivity contribution >= 4 is 23.2 Å². The van der Waals surface area contributed by atoms with Crippen LogP contribution in [0.5, 0.6) is 0 Å². The first-order chi connectivity index (χ1) is 11.1. The first kappa shape index (κ1) is 15.2. The van der Waals surface area contributed by atoms with Gasteiger partial charge in [-0.15, -0.1) is 10.2 Å². The fourth-order valence-electron chi connectivity index (χ4n) is 2.30. The van der Waals surface area contributed by atoms with Gasteiger partial charge in [-0.05, 0) is 26.0 Å². The second-order valence-corrected chi connectivity index (χ2v) is 5.31. The van der Waals surface area contributed by atoms with Crippen LogP contribution in [0, 0.1) is 6.92 Å². The summed E-state index contributed by atoms with van der Waals surface area (Å²) in [5.41, 5.74) is 1.86. The van der Waals surface area contributed by atoms with E-state index in [4.69, 9.17) is 11.6 Å². The summed E-state index contributed by atoms with van der Waals surface area (Å²) in [5, 5.41) is 15.4. The van der Waals surface area contributed by atoms with Gasteiger partial charge in [0.1, 0.15) is 18.3 Å². The van der Waals surface area contributed by atoms with Crippen molar-refractivity contribution in [1.29, 1.82) is 0 Å². The molecular formula is C15H15ClN6O. The Labute approximate surface area is 137 Å². The SMILES string of the molecule is CCn1nc(-n2cnnc2)c(NC(=O)c2ccccc2Cl)c1C. The predicted octanol–water partition coefficient (Wildman–Crippen LogP) is 2.70. The Morgan fingerprint density at radius 1 is 1.26 bits per heavy atom. The van der Waals surface area contributed by atoms with Gasteiger partial charge >= 0.3 is 0 Å². The molecule has 0 saturated carbocycles. The molecule has 0 spiro atoms. The molecule has 118 valence electrons. The highest BCUT2D eigenvalue weighted by atomic mass is 35.5. The summed E-state index contributed by atoms with van der Waals surface area (Å²) < 4.78 is 3.46. The van der Waals surface area contributed by atoms with Gasteiger partial charge in [-0.1, -0.05) is 23.7 Å². The average Bonchev–Trinajstić information content (AvgIpc) is 3.17. The summed E-state index contributed by atoms with van der Waals surface area (Å²) in [6, 6.07) is 6.90. The summed E-state index contributed by atoms with van der Waals surface area (Å²) in [5.74, 6) is 0.276. The zero-order chi connectivity index (χ0) is 16.4. The molecule has 0 fully saturated rings. The molecule has 23 heavy (non-hydrogen) atoms. The minimum atomic E-state index is -0.288. The van der Waals surface area contributed by atoms with E-state index in [0.717, 1.165) is 5.69 Å². The van der Waals surface area contributed by atoms with E-state index < -0.39 is 0 Å². The molecule has 0 saturated heterocycles. The van der Waals surface area contributed by atoms with Crippen LogP contribution in [0.3, 0.4) is 0 Å². The number of benzene rings is 1. The van der Waals surface area contributed by atoms with E-state index in [9.17, 15) is 4.79 Å². The Morgan fingerprint density at radius 3 is 2.61 bits per heavy atom. The van der Waals surface area contributed by atoms with Crippen LogP contribution >= 0.6 is 11.6 Å². The van der Waals surface area contributed by atoms with Crippen molar-refractivity contribution < 1.29 is 4.79 Å². The zero-order valence-electron chi connectivity index (χ0n) is 12.7. The highest BCUT2D eigenvalue weighted by Crippen LogP contribution is 2.25. The van der Waals surface area contributed by atoms with Crippen LogP contribution in [0.25, 0.3) is 5.82 Å². The number of carbonyl (C=O) groups excluding carboxylic acids is 1. The quantitative estimate of drug-likeness (QED) is 0.797. The van der Waals surface area contributed by atoms with E-state index in [1.54, 1.807) is 33.5 Å². The Balaban J connectivity index is 2.01. The molecule has 0 bridgehead atoms. The van der Waals surface area contributed by atoms with Crippen LogP contribution in [0.15, 0.2) is 36.9 Å². The summed E-state index contributed by atoms with van der Waals surface area (Å²) in [7, 11) is 0. The van der Waals surface area contributed by atoms with E-state index in [2.05, 4.69) is 20.6 Å². The third kappa shape index (κ3) is 2.83. The van der Waals surface area contributed by atoms with Gasteiger partial charge < -0.3 is 5.32 Å². The maximum atomic E-state index is 12.5. The maximum Gasteiger partial charge on any atom is 0.257 e. The summed E-state index contributed by atoms with van der Waals surface area (Å²) in [6.07, 6.45) is 3.07. The largest absolute Gasteiger partial charge is 0.317 e. The van der Waals surface area contributed by atoms with Crippen molar-refractivity contribution in [2.45, 2.75) is 20.4 Å². The van der Waals surface area contributed by atoms with Gasteiger partial charge in [-0.2, -0.15) is 5.10 Å². The molecule has 0 atom stereocenters. The van der Waals surface area contributed by atoms with Crippen LogP contribution in [-0.2, 0) is 6.54 Å². The standard InChI is InChI=1S/C15H15ClN6O/c1-3-22-10(2)13(14(20-22)21-8-17-18-9-21)19-15(23)11-6-4-5-7-12(11)16/h4-9H,3H2,1-2H3,(H,19,23). The maximum absolute atomic E-state index is 12.5. The monoisotopic (exact) mass is 330 g/mol. The fraction of sp³-hybridized carbons (Fsp3) is 0.200. The highest BCUT2D eigenvalue weighted by molar-refractivity contribution is 6.34. The molecule has 0 aliphatic carbocycles. The third-order valence-electron chi connectivity index (χ3n) is 3.51. The van der Waals surface area contributed by atoms with Crippen LogP contribution in [0.2, 0.25) is 5.02 Å². The smallest absolute Gasteiger partial charge is 0.257 e. The number of carbonyl (C=O) groups is 1. The molecule has 1 N–H and O–H groups in total. The van der Waals surface area contributed by atoms with E-state index >= 15 is 0 Å². The highest BCUT2D eigenvalue weighted by Gasteiger charge is 2.19. The number of hydrogen-bond donors (Lipinski definition) is 1. The van der Waals surface area contributed by atoms with E-state index in [1.807, 2.05) is 13.8 Å². The number of amides is 1. The molecule has 0 radical (unpaired) electrons. The van der Waals surface area contributed by atoms with Crippen LogP contribution < -0.4 is 5.32 Å². The summed E-state index contributed by atoms with van der Waals surface area (Å²) in [4.78, 5) is 12.5. The lowest BCUT2D eigenvalue weighted by atomic mass is 10.2. The van der Waals surface area contributed by atoms with Gasteiger partial charge in [-0.3, -0.25) is 14.0 Å². The molecule has 1 aromatic carbocycles. The van der Waals surface area contributed by atoms with Crippen molar-refractivity contribution in [3.63, 3.8) is 0 Å². The molecule has 2 aromatic heterocycles. The molecule has 3 rings (SSSR count). The first-order valence-corrected chi connectivity index (χ1v) is 7.48. The van der Waals surface area contributed by atoms with Gasteiger partial charge in [-0.25, -0.2) is 0 Å². The zero-order valence-corrected chi connectivity index (χ0v) is 13.4. The minimum Gasteiger partial charge on any atom is -0.317 e. The van der Waals surface area contributed by atoms with Crippen molar-refractivity contribution in [2.24, 2.45) is 0 Å². The van der Waals surface area contributed by atoms with E-state index in [0.29, 0.717) is 28.6 Å². The van der Waals surface area contributed by atoms with Crippen molar-refractivity contribution in [3.8, 4) is 5.82 Å². The number of rotatable bonds is 4. The van der Waals surface area contributed by atoms with E-state index in [-0.39, 0.29) is 5.91 Å². The number of nitrogens with zero attached hydrogens (tertiary/aromatic N) is 5. The summed E-state index contributed by atoms with van der Waals surface area (Å²) in [6.45, 7) is 4.56. The third-order valence-corrected chi connectivity index (χ3v) is 3.84. The lowest BCUT2D eigenvalue weighted by molar-refractivity contribution is 0.102. The Kier molecular flexibility index (Phi) is 4.12. The van der Waals surface area contributed by atoms with Crippen molar-refractivity contribution in [3.05, 3.63) is 53.2 Å². The first-order valence-electron chi connectivity index (χ1n) is 7.10. The Morgan fingerprint density at radius 2 is 1.96 bits per heavy atom. The van der Waals surface area contributed by atoms with Crippen LogP contribution in [-0.4, -0.2) is 30.5 Å². The number of aromatic nitrogens is 5. The van der Waals surface area contributed by atoms with Gasteiger partial charge in [0.15, 0.2) is 5.82 Å². The van der Waals surface area contributed by atoms with Gasteiger partial charge in [0, 0.05) is 6.54 Å². The molecule has 0 aliphatic rings. The molecule has 2 heterocycles. The Hall–Kier alpha value is -2.67.